The van der Waals surface area contributed by atoms with Crippen LogP contribution >= 0.6 is 0 Å². The van der Waals surface area contributed by atoms with E-state index in [2.05, 4.69) is 0 Å². The van der Waals surface area contributed by atoms with Crippen molar-refractivity contribution in [3.8, 4) is 5.75 Å². The predicted octanol–water partition coefficient (Wildman–Crippen LogP) is 5.59. The van der Waals surface area contributed by atoms with Crippen LogP contribution in [0.5, 0.6) is 5.75 Å². The van der Waals surface area contributed by atoms with Gasteiger partial charge < -0.3 is 18.8 Å². The molecule has 5 rings (SSSR count). The van der Waals surface area contributed by atoms with Crippen molar-refractivity contribution in [1.29, 1.82) is 0 Å². The third kappa shape index (κ3) is 5.81. The zero-order valence-electron chi connectivity index (χ0n) is 22.1. The number of amides is 1. The first kappa shape index (κ1) is 26.9. The smallest absolute Gasteiger partial charge is 0.349 e. The van der Waals surface area contributed by atoms with Crippen LogP contribution in [-0.4, -0.2) is 36.0 Å². The van der Waals surface area contributed by atoms with Crippen molar-refractivity contribution < 1.29 is 27.9 Å². The molecule has 1 amide bonds. The molecule has 0 fully saturated rings. The van der Waals surface area contributed by atoms with E-state index >= 15 is 0 Å². The number of carbonyl (C=O) groups excluding carboxylic acids is 2. The van der Waals surface area contributed by atoms with Gasteiger partial charge in [-0.1, -0.05) is 48.5 Å². The van der Waals surface area contributed by atoms with Gasteiger partial charge in [0.05, 0.1) is 7.11 Å². The lowest BCUT2D eigenvalue weighted by atomic mass is 9.90. The highest BCUT2D eigenvalue weighted by Gasteiger charge is 2.35. The molecular formula is C32H28FNO6. The maximum atomic E-state index is 14.1. The minimum Gasteiger partial charge on any atom is -0.486 e. The Morgan fingerprint density at radius 2 is 1.75 bits per heavy atom. The quantitative estimate of drug-likeness (QED) is 0.224. The van der Waals surface area contributed by atoms with Gasteiger partial charge in [-0.05, 0) is 60.9 Å². The Kier molecular flexibility index (Phi) is 7.77. The zero-order chi connectivity index (χ0) is 28.2. The molecule has 40 heavy (non-hydrogen) atoms. The molecule has 0 N–H and O–H groups in total. The molecule has 7 nitrogen and oxygen atoms in total. The Morgan fingerprint density at radius 3 is 2.50 bits per heavy atom. The lowest BCUT2D eigenvalue weighted by molar-refractivity contribution is -0.136. The van der Waals surface area contributed by atoms with Crippen LogP contribution in [0.25, 0.3) is 11.0 Å². The number of methoxy groups -OCH3 is 1. The Bertz CT molecular complexity index is 1640. The second kappa shape index (κ2) is 11.6. The first-order chi connectivity index (χ1) is 19.3. The zero-order valence-corrected chi connectivity index (χ0v) is 22.1. The van der Waals surface area contributed by atoms with E-state index in [1.165, 1.54) is 30.2 Å². The minimum absolute atomic E-state index is 0.0710. The fourth-order valence-electron chi connectivity index (χ4n) is 4.94. The van der Waals surface area contributed by atoms with Crippen molar-refractivity contribution >= 4 is 22.8 Å². The number of benzene rings is 3. The average Bonchev–Trinajstić information content (AvgIpc) is 2.96. The van der Waals surface area contributed by atoms with Crippen LogP contribution in [0.15, 0.2) is 99.7 Å². The lowest BCUT2D eigenvalue weighted by Crippen LogP contribution is -2.46. The fraction of sp³-hybridized carbons (Fsp3) is 0.219. The molecule has 8 heteroatoms. The highest BCUT2D eigenvalue weighted by molar-refractivity contribution is 5.97. The molecule has 1 heterocycles. The molecule has 2 unspecified atom stereocenters. The van der Waals surface area contributed by atoms with Crippen molar-refractivity contribution in [3.05, 3.63) is 123 Å². The van der Waals surface area contributed by atoms with Gasteiger partial charge >= 0.3 is 11.6 Å². The Morgan fingerprint density at radius 1 is 1.02 bits per heavy atom. The van der Waals surface area contributed by atoms with Crippen LogP contribution in [0.3, 0.4) is 0 Å². The predicted molar refractivity (Wildman–Crippen MR) is 147 cm³/mol. The second-order valence-corrected chi connectivity index (χ2v) is 9.74. The van der Waals surface area contributed by atoms with E-state index in [4.69, 9.17) is 13.9 Å². The number of hydrogen-bond donors (Lipinski definition) is 0. The van der Waals surface area contributed by atoms with Gasteiger partial charge in [0.2, 0.25) is 0 Å². The summed E-state index contributed by atoms with van der Waals surface area (Å²) in [6, 6.07) is 21.2. The van der Waals surface area contributed by atoms with Crippen LogP contribution in [0.4, 0.5) is 4.39 Å². The Hall–Kier alpha value is -4.72. The van der Waals surface area contributed by atoms with E-state index in [0.717, 1.165) is 5.56 Å². The van der Waals surface area contributed by atoms with E-state index in [1.54, 1.807) is 42.5 Å². The standard InChI is InChI=1S/C32H28FNO6/c1-20-7-3-5-9-28(20)39-26-16-23(31(36)38-2)15-25(18-26)34(19-21-11-13-24(33)14-12-21)30(35)27-17-22-8-4-6-10-29(22)40-32(27)37/h3-14,16-17,25-26H,15,18-19H2,1-2H3. The van der Waals surface area contributed by atoms with Gasteiger partial charge in [-0.15, -0.1) is 0 Å². The van der Waals surface area contributed by atoms with Gasteiger partial charge in [0.1, 0.15) is 28.8 Å². The topological polar surface area (TPSA) is 86.1 Å². The third-order valence-electron chi connectivity index (χ3n) is 7.01. The molecule has 4 aromatic rings. The first-order valence-electron chi connectivity index (χ1n) is 12.9. The van der Waals surface area contributed by atoms with E-state index in [1.807, 2.05) is 31.2 Å². The van der Waals surface area contributed by atoms with Gasteiger partial charge in [0, 0.05) is 30.0 Å². The number of hydrogen-bond acceptors (Lipinski definition) is 6. The molecule has 204 valence electrons. The van der Waals surface area contributed by atoms with Gasteiger partial charge in [0.25, 0.3) is 5.91 Å². The van der Waals surface area contributed by atoms with E-state index in [9.17, 15) is 18.8 Å². The number of para-hydroxylation sites is 2. The van der Waals surface area contributed by atoms with E-state index in [0.29, 0.717) is 34.3 Å². The van der Waals surface area contributed by atoms with Crippen molar-refractivity contribution in [2.75, 3.05) is 7.11 Å². The summed E-state index contributed by atoms with van der Waals surface area (Å²) in [4.78, 5) is 41.2. The maximum absolute atomic E-state index is 14.1. The number of fused-ring (bicyclic) bond motifs is 1. The normalized spacial score (nSPS) is 16.7. The summed E-state index contributed by atoms with van der Waals surface area (Å²) < 4.78 is 30.4. The summed E-state index contributed by atoms with van der Waals surface area (Å²) in [7, 11) is 1.30. The number of halogens is 1. The van der Waals surface area contributed by atoms with Crippen LogP contribution in [0, 0.1) is 12.7 Å². The van der Waals surface area contributed by atoms with E-state index < -0.39 is 35.5 Å². The van der Waals surface area contributed by atoms with Gasteiger partial charge in [-0.2, -0.15) is 0 Å². The molecule has 0 saturated carbocycles. The molecule has 0 radical (unpaired) electrons. The molecule has 1 aliphatic rings. The third-order valence-corrected chi connectivity index (χ3v) is 7.01. The van der Waals surface area contributed by atoms with E-state index in [-0.39, 0.29) is 18.5 Å². The van der Waals surface area contributed by atoms with Crippen LogP contribution in [0.1, 0.15) is 34.3 Å². The van der Waals surface area contributed by atoms with Crippen LogP contribution < -0.4 is 10.4 Å². The molecule has 0 spiro atoms. The highest BCUT2D eigenvalue weighted by atomic mass is 19.1. The minimum atomic E-state index is -0.764. The SMILES string of the molecule is COC(=O)C1=CC(Oc2ccccc2C)CC(N(Cc2ccc(F)cc2)C(=O)c2cc3ccccc3oc2=O)C1. The Balaban J connectivity index is 1.54. The number of rotatable bonds is 7. The van der Waals surface area contributed by atoms with Gasteiger partial charge in [0.15, 0.2) is 0 Å². The second-order valence-electron chi connectivity index (χ2n) is 9.74. The highest BCUT2D eigenvalue weighted by Crippen LogP contribution is 2.30. The monoisotopic (exact) mass is 541 g/mol. The molecule has 0 saturated heterocycles. The summed E-state index contributed by atoms with van der Waals surface area (Å²) in [6.07, 6.45) is 1.71. The number of nitrogens with zero attached hydrogens (tertiary/aromatic N) is 1. The summed E-state index contributed by atoms with van der Waals surface area (Å²) in [5.41, 5.74) is 1.41. The number of carbonyl (C=O) groups is 2. The molecule has 2 atom stereocenters. The van der Waals surface area contributed by atoms with Gasteiger partial charge in [-0.3, -0.25) is 4.79 Å². The summed E-state index contributed by atoms with van der Waals surface area (Å²) in [5.74, 6) is -0.839. The molecule has 1 aromatic heterocycles. The molecule has 3 aromatic carbocycles. The molecular weight excluding hydrogens is 513 g/mol. The van der Waals surface area contributed by atoms with Crippen molar-refractivity contribution in [3.63, 3.8) is 0 Å². The lowest BCUT2D eigenvalue weighted by Gasteiger charge is -2.37. The fourth-order valence-corrected chi connectivity index (χ4v) is 4.94. The summed E-state index contributed by atoms with van der Waals surface area (Å²) in [5, 5.41) is 0.603. The molecule has 0 aliphatic heterocycles. The Labute approximate surface area is 230 Å². The number of esters is 1. The average molecular weight is 542 g/mol. The number of aryl methyl sites for hydroxylation is 1. The van der Waals surface area contributed by atoms with Crippen molar-refractivity contribution in [2.24, 2.45) is 0 Å². The summed E-state index contributed by atoms with van der Waals surface area (Å²) in [6.45, 7) is 1.99. The maximum Gasteiger partial charge on any atom is 0.349 e. The molecule has 1 aliphatic carbocycles. The van der Waals surface area contributed by atoms with Gasteiger partial charge in [-0.25, -0.2) is 14.0 Å². The molecule has 0 bridgehead atoms. The van der Waals surface area contributed by atoms with Crippen LogP contribution in [-0.2, 0) is 16.1 Å². The van der Waals surface area contributed by atoms with Crippen molar-refractivity contribution in [2.45, 2.75) is 38.5 Å². The first-order valence-corrected chi connectivity index (χ1v) is 12.9. The van der Waals surface area contributed by atoms with Crippen molar-refractivity contribution in [1.82, 2.24) is 4.90 Å². The largest absolute Gasteiger partial charge is 0.486 e. The summed E-state index contributed by atoms with van der Waals surface area (Å²) >= 11 is 0. The number of ether oxygens (including phenoxy) is 2. The van der Waals surface area contributed by atoms with Crippen LogP contribution in [0.2, 0.25) is 0 Å².